The van der Waals surface area contributed by atoms with E-state index in [0.717, 1.165) is 17.0 Å². The number of methoxy groups -OCH3 is 1. The number of oxazole rings is 1. The van der Waals surface area contributed by atoms with Gasteiger partial charge in [-0.25, -0.2) is 4.98 Å². The van der Waals surface area contributed by atoms with E-state index >= 15 is 0 Å². The first-order valence-corrected chi connectivity index (χ1v) is 6.92. The van der Waals surface area contributed by atoms with Crippen LogP contribution in [-0.2, 0) is 6.54 Å². The van der Waals surface area contributed by atoms with Crippen LogP contribution in [0.5, 0.6) is 5.75 Å². The molecule has 1 N–H and O–H groups in total. The van der Waals surface area contributed by atoms with Crippen LogP contribution in [0, 0.1) is 5.92 Å². The zero-order valence-electron chi connectivity index (χ0n) is 12.5. The van der Waals surface area contributed by atoms with Gasteiger partial charge in [-0.3, -0.25) is 0 Å². The molecular formula is C16H22N2O2. The lowest BCUT2D eigenvalue weighted by Crippen LogP contribution is -2.30. The van der Waals surface area contributed by atoms with Crippen molar-refractivity contribution in [3.8, 4) is 17.2 Å². The number of hydrogen-bond donors (Lipinski definition) is 1. The quantitative estimate of drug-likeness (QED) is 0.876. The molecule has 0 bridgehead atoms. The molecule has 0 amide bonds. The van der Waals surface area contributed by atoms with Crippen LogP contribution in [0.1, 0.15) is 26.5 Å². The highest BCUT2D eigenvalue weighted by Gasteiger charge is 2.10. The van der Waals surface area contributed by atoms with Gasteiger partial charge >= 0.3 is 0 Å². The molecule has 4 heteroatoms. The Morgan fingerprint density at radius 3 is 2.80 bits per heavy atom. The second-order valence-corrected chi connectivity index (χ2v) is 5.29. The minimum Gasteiger partial charge on any atom is -0.497 e. The third-order valence-corrected chi connectivity index (χ3v) is 3.47. The van der Waals surface area contributed by atoms with Crippen molar-refractivity contribution >= 4 is 0 Å². The Kier molecular flexibility index (Phi) is 4.79. The van der Waals surface area contributed by atoms with Crippen molar-refractivity contribution in [2.24, 2.45) is 5.92 Å². The molecule has 1 atom stereocenters. The Morgan fingerprint density at radius 2 is 2.10 bits per heavy atom. The fraction of sp³-hybridized carbons (Fsp3) is 0.438. The number of rotatable bonds is 6. The molecule has 1 aromatic heterocycles. The van der Waals surface area contributed by atoms with Crippen molar-refractivity contribution in [3.05, 3.63) is 36.2 Å². The number of ether oxygens (including phenoxy) is 1. The summed E-state index contributed by atoms with van der Waals surface area (Å²) in [6.45, 7) is 7.28. The standard InChI is InChI=1S/C16H22N2O2/c1-11(2)12(3)17-9-14-10-20-16(18-14)13-6-5-7-15(8-13)19-4/h5-8,10-12,17H,9H2,1-4H3. The van der Waals surface area contributed by atoms with Gasteiger partial charge in [-0.05, 0) is 31.0 Å². The zero-order chi connectivity index (χ0) is 14.5. The van der Waals surface area contributed by atoms with E-state index in [2.05, 4.69) is 31.1 Å². The van der Waals surface area contributed by atoms with Gasteiger partial charge in [-0.1, -0.05) is 19.9 Å². The van der Waals surface area contributed by atoms with Crippen LogP contribution in [0.3, 0.4) is 0 Å². The minimum atomic E-state index is 0.451. The molecule has 0 aliphatic heterocycles. The molecule has 1 unspecified atom stereocenters. The van der Waals surface area contributed by atoms with Gasteiger partial charge in [-0.2, -0.15) is 0 Å². The lowest BCUT2D eigenvalue weighted by Gasteiger charge is -2.16. The maximum absolute atomic E-state index is 5.54. The summed E-state index contributed by atoms with van der Waals surface area (Å²) in [7, 11) is 1.65. The molecule has 0 aliphatic carbocycles. The first-order chi connectivity index (χ1) is 9.60. The van der Waals surface area contributed by atoms with Crippen molar-refractivity contribution in [2.45, 2.75) is 33.4 Å². The molecule has 4 nitrogen and oxygen atoms in total. The fourth-order valence-corrected chi connectivity index (χ4v) is 1.78. The maximum atomic E-state index is 5.54. The summed E-state index contributed by atoms with van der Waals surface area (Å²) in [5.74, 6) is 2.02. The predicted octanol–water partition coefficient (Wildman–Crippen LogP) is 3.48. The van der Waals surface area contributed by atoms with Crippen LogP contribution in [0.15, 0.2) is 34.9 Å². The lowest BCUT2D eigenvalue weighted by atomic mass is 10.1. The van der Waals surface area contributed by atoms with Crippen molar-refractivity contribution in [1.29, 1.82) is 0 Å². The zero-order valence-corrected chi connectivity index (χ0v) is 12.5. The van der Waals surface area contributed by atoms with Crippen LogP contribution < -0.4 is 10.1 Å². The molecular weight excluding hydrogens is 252 g/mol. The van der Waals surface area contributed by atoms with Gasteiger partial charge in [0.05, 0.1) is 12.8 Å². The largest absolute Gasteiger partial charge is 0.497 e. The van der Waals surface area contributed by atoms with Crippen molar-refractivity contribution < 1.29 is 9.15 Å². The van der Waals surface area contributed by atoms with Gasteiger partial charge in [0, 0.05) is 18.2 Å². The molecule has 1 aromatic carbocycles. The Hall–Kier alpha value is -1.81. The van der Waals surface area contributed by atoms with Crippen LogP contribution in [0.25, 0.3) is 11.5 Å². The third kappa shape index (κ3) is 3.61. The second-order valence-electron chi connectivity index (χ2n) is 5.29. The molecule has 0 radical (unpaired) electrons. The molecule has 0 saturated heterocycles. The average molecular weight is 274 g/mol. The molecule has 1 heterocycles. The Morgan fingerprint density at radius 1 is 1.30 bits per heavy atom. The van der Waals surface area contributed by atoms with E-state index in [9.17, 15) is 0 Å². The average Bonchev–Trinajstić information content (AvgIpc) is 2.93. The number of aromatic nitrogens is 1. The number of nitrogens with one attached hydrogen (secondary N) is 1. The Bertz CT molecular complexity index is 549. The van der Waals surface area contributed by atoms with Crippen LogP contribution in [0.4, 0.5) is 0 Å². The fourth-order valence-electron chi connectivity index (χ4n) is 1.78. The normalized spacial score (nSPS) is 12.7. The minimum absolute atomic E-state index is 0.451. The number of benzene rings is 1. The van der Waals surface area contributed by atoms with Gasteiger partial charge in [0.2, 0.25) is 5.89 Å². The van der Waals surface area contributed by atoms with Gasteiger partial charge in [0.15, 0.2) is 0 Å². The molecule has 0 saturated carbocycles. The van der Waals surface area contributed by atoms with E-state index in [0.29, 0.717) is 24.4 Å². The summed E-state index contributed by atoms with van der Waals surface area (Å²) in [5, 5.41) is 3.44. The summed E-state index contributed by atoms with van der Waals surface area (Å²) in [6, 6.07) is 8.16. The number of hydrogen-bond acceptors (Lipinski definition) is 4. The molecule has 0 aliphatic rings. The second kappa shape index (κ2) is 6.57. The van der Waals surface area contributed by atoms with Crippen LogP contribution in [0.2, 0.25) is 0 Å². The number of nitrogens with zero attached hydrogens (tertiary/aromatic N) is 1. The first-order valence-electron chi connectivity index (χ1n) is 6.92. The molecule has 2 aromatic rings. The van der Waals surface area contributed by atoms with Gasteiger partial charge in [0.1, 0.15) is 12.0 Å². The van der Waals surface area contributed by atoms with Crippen molar-refractivity contribution in [2.75, 3.05) is 7.11 Å². The Balaban J connectivity index is 2.04. The van der Waals surface area contributed by atoms with E-state index in [1.54, 1.807) is 13.4 Å². The van der Waals surface area contributed by atoms with Gasteiger partial charge in [-0.15, -0.1) is 0 Å². The van der Waals surface area contributed by atoms with E-state index in [1.807, 2.05) is 24.3 Å². The first kappa shape index (κ1) is 14.6. The van der Waals surface area contributed by atoms with Crippen LogP contribution >= 0.6 is 0 Å². The Labute approximate surface area is 120 Å². The smallest absolute Gasteiger partial charge is 0.226 e. The van der Waals surface area contributed by atoms with Gasteiger partial charge < -0.3 is 14.5 Å². The summed E-state index contributed by atoms with van der Waals surface area (Å²) >= 11 is 0. The van der Waals surface area contributed by atoms with Crippen molar-refractivity contribution in [3.63, 3.8) is 0 Å². The highest BCUT2D eigenvalue weighted by molar-refractivity contribution is 5.55. The highest BCUT2D eigenvalue weighted by atomic mass is 16.5. The summed E-state index contributed by atoms with van der Waals surface area (Å²) < 4.78 is 10.7. The lowest BCUT2D eigenvalue weighted by molar-refractivity contribution is 0.414. The predicted molar refractivity (Wildman–Crippen MR) is 79.6 cm³/mol. The summed E-state index contributed by atoms with van der Waals surface area (Å²) in [4.78, 5) is 4.50. The molecule has 2 rings (SSSR count). The highest BCUT2D eigenvalue weighted by Crippen LogP contribution is 2.23. The van der Waals surface area contributed by atoms with E-state index in [-0.39, 0.29) is 0 Å². The van der Waals surface area contributed by atoms with E-state index in [4.69, 9.17) is 9.15 Å². The van der Waals surface area contributed by atoms with E-state index < -0.39 is 0 Å². The van der Waals surface area contributed by atoms with Gasteiger partial charge in [0.25, 0.3) is 0 Å². The molecule has 20 heavy (non-hydrogen) atoms. The van der Waals surface area contributed by atoms with Crippen LogP contribution in [-0.4, -0.2) is 18.1 Å². The molecule has 0 spiro atoms. The molecule has 0 fully saturated rings. The van der Waals surface area contributed by atoms with Crippen molar-refractivity contribution in [1.82, 2.24) is 10.3 Å². The maximum Gasteiger partial charge on any atom is 0.226 e. The van der Waals surface area contributed by atoms with E-state index in [1.165, 1.54) is 0 Å². The third-order valence-electron chi connectivity index (χ3n) is 3.47. The SMILES string of the molecule is COc1cccc(-c2nc(CNC(C)C(C)C)co2)c1. The topological polar surface area (TPSA) is 47.3 Å². The monoisotopic (exact) mass is 274 g/mol. The summed E-state index contributed by atoms with van der Waals surface area (Å²) in [6.07, 6.45) is 1.70. The molecule has 108 valence electrons. The summed E-state index contributed by atoms with van der Waals surface area (Å²) in [5.41, 5.74) is 1.84.